The Labute approximate surface area is 63.7 Å². The summed E-state index contributed by atoms with van der Waals surface area (Å²) in [6.07, 6.45) is 3.38. The standard InChI is InChI=1S/C7H8N4/c1-5-2-6(11-10-5)7-3-8-4-9-7/h2-4H,1H3,(H,8,9)(H,10,11). The molecule has 2 aromatic rings. The zero-order chi connectivity index (χ0) is 7.68. The number of nitrogens with one attached hydrogen (secondary N) is 2. The monoisotopic (exact) mass is 148 g/mol. The number of hydrogen-bond acceptors (Lipinski definition) is 2. The Kier molecular flexibility index (Phi) is 1.25. The van der Waals surface area contributed by atoms with E-state index in [0.29, 0.717) is 0 Å². The van der Waals surface area contributed by atoms with Crippen molar-refractivity contribution in [3.8, 4) is 11.4 Å². The van der Waals surface area contributed by atoms with Crippen molar-refractivity contribution in [2.24, 2.45) is 0 Å². The Hall–Kier alpha value is -1.58. The molecule has 2 N–H and O–H groups in total. The van der Waals surface area contributed by atoms with E-state index in [1.165, 1.54) is 0 Å². The molecule has 0 unspecified atom stereocenters. The van der Waals surface area contributed by atoms with Crippen LogP contribution in [0, 0.1) is 6.92 Å². The molecule has 0 saturated carbocycles. The van der Waals surface area contributed by atoms with Gasteiger partial charge in [-0.1, -0.05) is 0 Å². The minimum absolute atomic E-state index is 0.903. The van der Waals surface area contributed by atoms with Crippen LogP contribution >= 0.6 is 0 Å². The van der Waals surface area contributed by atoms with Gasteiger partial charge in [0.05, 0.1) is 18.2 Å². The topological polar surface area (TPSA) is 57.4 Å². The van der Waals surface area contributed by atoms with Gasteiger partial charge in [0.25, 0.3) is 0 Å². The molecule has 0 atom stereocenters. The fourth-order valence-electron chi connectivity index (χ4n) is 0.952. The van der Waals surface area contributed by atoms with E-state index in [2.05, 4.69) is 20.2 Å². The van der Waals surface area contributed by atoms with Crippen LogP contribution in [-0.2, 0) is 0 Å². The smallest absolute Gasteiger partial charge is 0.110 e. The van der Waals surface area contributed by atoms with E-state index in [1.807, 2.05) is 13.0 Å². The molecule has 0 saturated heterocycles. The van der Waals surface area contributed by atoms with Crippen LogP contribution in [0.15, 0.2) is 18.6 Å². The van der Waals surface area contributed by atoms with Crippen molar-refractivity contribution in [3.05, 3.63) is 24.3 Å². The van der Waals surface area contributed by atoms with Crippen LogP contribution in [0.1, 0.15) is 5.69 Å². The Balaban J connectivity index is 2.45. The number of nitrogens with zero attached hydrogens (tertiary/aromatic N) is 2. The van der Waals surface area contributed by atoms with Gasteiger partial charge in [0.15, 0.2) is 0 Å². The van der Waals surface area contributed by atoms with Gasteiger partial charge in [0.2, 0.25) is 0 Å². The molecule has 4 nitrogen and oxygen atoms in total. The zero-order valence-corrected chi connectivity index (χ0v) is 6.13. The van der Waals surface area contributed by atoms with Crippen molar-refractivity contribution in [1.82, 2.24) is 20.2 Å². The van der Waals surface area contributed by atoms with Gasteiger partial charge in [0, 0.05) is 5.69 Å². The molecule has 2 aromatic heterocycles. The molecule has 11 heavy (non-hydrogen) atoms. The Bertz CT molecular complexity index is 333. The SMILES string of the molecule is Cc1cc(-c2cnc[nH]2)n[nH]1. The van der Waals surface area contributed by atoms with Gasteiger partial charge in [-0.05, 0) is 13.0 Å². The first-order chi connectivity index (χ1) is 5.36. The highest BCUT2D eigenvalue weighted by molar-refractivity contribution is 5.52. The Morgan fingerprint density at radius 3 is 2.91 bits per heavy atom. The molecular weight excluding hydrogens is 140 g/mol. The van der Waals surface area contributed by atoms with E-state index in [1.54, 1.807) is 12.5 Å². The second-order valence-electron chi connectivity index (χ2n) is 2.40. The fraction of sp³-hybridized carbons (Fsp3) is 0.143. The number of aromatic amines is 2. The molecule has 0 aliphatic heterocycles. The molecule has 0 bridgehead atoms. The van der Waals surface area contributed by atoms with Crippen LogP contribution in [0.2, 0.25) is 0 Å². The lowest BCUT2D eigenvalue weighted by atomic mass is 10.3. The third kappa shape index (κ3) is 1.02. The highest BCUT2D eigenvalue weighted by atomic mass is 15.1. The lowest BCUT2D eigenvalue weighted by Gasteiger charge is -1.84. The third-order valence-corrected chi connectivity index (χ3v) is 1.48. The molecule has 2 rings (SSSR count). The van der Waals surface area contributed by atoms with Gasteiger partial charge < -0.3 is 4.98 Å². The minimum atomic E-state index is 0.903. The maximum atomic E-state index is 4.06. The van der Waals surface area contributed by atoms with Gasteiger partial charge in [-0.25, -0.2) is 4.98 Å². The first-order valence-electron chi connectivity index (χ1n) is 3.37. The third-order valence-electron chi connectivity index (χ3n) is 1.48. The van der Waals surface area contributed by atoms with E-state index >= 15 is 0 Å². The molecule has 0 aliphatic carbocycles. The van der Waals surface area contributed by atoms with E-state index in [9.17, 15) is 0 Å². The molecule has 56 valence electrons. The van der Waals surface area contributed by atoms with Crippen molar-refractivity contribution >= 4 is 0 Å². The molecule has 0 spiro atoms. The van der Waals surface area contributed by atoms with Gasteiger partial charge in [-0.3, -0.25) is 5.10 Å². The predicted molar refractivity (Wildman–Crippen MR) is 40.9 cm³/mol. The van der Waals surface area contributed by atoms with Crippen LogP contribution in [0.3, 0.4) is 0 Å². The second-order valence-corrected chi connectivity index (χ2v) is 2.40. The average molecular weight is 148 g/mol. The molecular formula is C7H8N4. The van der Waals surface area contributed by atoms with Gasteiger partial charge in [-0.2, -0.15) is 5.10 Å². The number of rotatable bonds is 1. The van der Waals surface area contributed by atoms with Gasteiger partial charge in [0.1, 0.15) is 5.69 Å². The first kappa shape index (κ1) is 6.15. The molecule has 0 amide bonds. The first-order valence-corrected chi connectivity index (χ1v) is 3.37. The number of aryl methyl sites for hydroxylation is 1. The zero-order valence-electron chi connectivity index (χ0n) is 6.13. The summed E-state index contributed by atoms with van der Waals surface area (Å²) in [6.45, 7) is 1.97. The van der Waals surface area contributed by atoms with Crippen molar-refractivity contribution in [2.75, 3.05) is 0 Å². The lowest BCUT2D eigenvalue weighted by Crippen LogP contribution is -1.75. The predicted octanol–water partition coefficient (Wildman–Crippen LogP) is 1.11. The molecule has 2 heterocycles. The van der Waals surface area contributed by atoms with Crippen LogP contribution in [-0.4, -0.2) is 20.2 Å². The number of aromatic nitrogens is 4. The van der Waals surface area contributed by atoms with Crippen LogP contribution in [0.25, 0.3) is 11.4 Å². The quantitative estimate of drug-likeness (QED) is 0.636. The molecule has 0 aliphatic rings. The number of imidazole rings is 1. The summed E-state index contributed by atoms with van der Waals surface area (Å²) < 4.78 is 0. The highest BCUT2D eigenvalue weighted by Crippen LogP contribution is 2.12. The van der Waals surface area contributed by atoms with E-state index in [0.717, 1.165) is 17.1 Å². The number of H-pyrrole nitrogens is 2. The fourth-order valence-corrected chi connectivity index (χ4v) is 0.952. The molecule has 4 heteroatoms. The summed E-state index contributed by atoms with van der Waals surface area (Å²) >= 11 is 0. The summed E-state index contributed by atoms with van der Waals surface area (Å²) in [5, 5.41) is 6.92. The molecule has 0 radical (unpaired) electrons. The molecule has 0 aromatic carbocycles. The highest BCUT2D eigenvalue weighted by Gasteiger charge is 2.00. The van der Waals surface area contributed by atoms with Gasteiger partial charge in [-0.15, -0.1) is 0 Å². The van der Waals surface area contributed by atoms with Crippen molar-refractivity contribution in [3.63, 3.8) is 0 Å². The Morgan fingerprint density at radius 1 is 1.45 bits per heavy atom. The second kappa shape index (κ2) is 2.23. The normalized spacial score (nSPS) is 10.3. The maximum absolute atomic E-state index is 4.06. The minimum Gasteiger partial charge on any atom is -0.343 e. The van der Waals surface area contributed by atoms with Crippen molar-refractivity contribution < 1.29 is 0 Å². The van der Waals surface area contributed by atoms with Crippen LogP contribution in [0.4, 0.5) is 0 Å². The largest absolute Gasteiger partial charge is 0.343 e. The Morgan fingerprint density at radius 2 is 2.36 bits per heavy atom. The lowest BCUT2D eigenvalue weighted by molar-refractivity contribution is 1.05. The summed E-state index contributed by atoms with van der Waals surface area (Å²) in [5.41, 5.74) is 2.89. The van der Waals surface area contributed by atoms with Crippen LogP contribution < -0.4 is 0 Å². The summed E-state index contributed by atoms with van der Waals surface area (Å²) in [5.74, 6) is 0. The van der Waals surface area contributed by atoms with Crippen molar-refractivity contribution in [2.45, 2.75) is 6.92 Å². The van der Waals surface area contributed by atoms with Gasteiger partial charge >= 0.3 is 0 Å². The van der Waals surface area contributed by atoms with E-state index < -0.39 is 0 Å². The molecule has 0 fully saturated rings. The van der Waals surface area contributed by atoms with Crippen LogP contribution in [0.5, 0.6) is 0 Å². The summed E-state index contributed by atoms with van der Waals surface area (Å²) in [4.78, 5) is 6.87. The van der Waals surface area contributed by atoms with E-state index in [-0.39, 0.29) is 0 Å². The van der Waals surface area contributed by atoms with Crippen molar-refractivity contribution in [1.29, 1.82) is 0 Å². The summed E-state index contributed by atoms with van der Waals surface area (Å²) in [7, 11) is 0. The van der Waals surface area contributed by atoms with E-state index in [4.69, 9.17) is 0 Å². The summed E-state index contributed by atoms with van der Waals surface area (Å²) in [6, 6.07) is 1.97. The number of hydrogen-bond donors (Lipinski definition) is 2. The maximum Gasteiger partial charge on any atom is 0.110 e. The average Bonchev–Trinajstić information content (AvgIpc) is 2.55.